The number of aromatic carboxylic acids is 1. The quantitative estimate of drug-likeness (QED) is 0.843. The fourth-order valence-corrected chi connectivity index (χ4v) is 3.06. The van der Waals surface area contributed by atoms with Crippen LogP contribution in [0.15, 0.2) is 16.6 Å². The van der Waals surface area contributed by atoms with Crippen molar-refractivity contribution in [3.63, 3.8) is 0 Å². The molecule has 1 heterocycles. The lowest BCUT2D eigenvalue weighted by Gasteiger charge is -2.05. The van der Waals surface area contributed by atoms with Gasteiger partial charge >= 0.3 is 5.97 Å². The Morgan fingerprint density at radius 3 is 2.20 bits per heavy atom. The molecular formula is C14H12BrNO3S. The highest BCUT2D eigenvalue weighted by atomic mass is 79.9. The Labute approximate surface area is 128 Å². The van der Waals surface area contributed by atoms with Crippen molar-refractivity contribution >= 4 is 39.0 Å². The van der Waals surface area contributed by atoms with Gasteiger partial charge in [-0.1, -0.05) is 15.9 Å². The van der Waals surface area contributed by atoms with E-state index in [1.807, 2.05) is 26.0 Å². The number of hydrogen-bond acceptors (Lipinski definition) is 4. The number of carbonyl (C=O) groups excluding carboxylic acids is 1. The van der Waals surface area contributed by atoms with Crippen molar-refractivity contribution in [1.29, 1.82) is 0 Å². The minimum absolute atomic E-state index is 0.171. The molecule has 0 bridgehead atoms. The molecule has 1 aromatic carbocycles. The van der Waals surface area contributed by atoms with Gasteiger partial charge in [-0.05, 0) is 37.1 Å². The standard InChI is InChI=1S/C14H12BrNO3S/c1-6-4-9(5-7(2)10(6)15)13-16-11(14(18)19)12(20-13)8(3)17/h4-5H,1-3H3,(H,18,19). The van der Waals surface area contributed by atoms with Crippen LogP contribution in [0.5, 0.6) is 0 Å². The molecule has 0 saturated carbocycles. The predicted octanol–water partition coefficient (Wildman–Crippen LogP) is 4.09. The first-order valence-electron chi connectivity index (χ1n) is 5.83. The Morgan fingerprint density at radius 2 is 1.80 bits per heavy atom. The number of hydrogen-bond donors (Lipinski definition) is 1. The van der Waals surface area contributed by atoms with E-state index in [9.17, 15) is 9.59 Å². The molecule has 4 nitrogen and oxygen atoms in total. The van der Waals surface area contributed by atoms with Crippen LogP contribution in [0.4, 0.5) is 0 Å². The number of benzene rings is 1. The van der Waals surface area contributed by atoms with Gasteiger partial charge in [-0.15, -0.1) is 11.3 Å². The molecule has 0 spiro atoms. The lowest BCUT2D eigenvalue weighted by molar-refractivity contribution is 0.0687. The average Bonchev–Trinajstić information content (AvgIpc) is 2.80. The predicted molar refractivity (Wildman–Crippen MR) is 81.7 cm³/mol. The maximum atomic E-state index is 11.5. The van der Waals surface area contributed by atoms with E-state index < -0.39 is 5.97 Å². The van der Waals surface area contributed by atoms with Crippen LogP contribution in [0.2, 0.25) is 0 Å². The molecule has 0 amide bonds. The maximum absolute atomic E-state index is 11.5. The summed E-state index contributed by atoms with van der Waals surface area (Å²) in [5.74, 6) is -1.46. The molecule has 0 aliphatic carbocycles. The van der Waals surface area contributed by atoms with Gasteiger partial charge in [0.1, 0.15) is 9.88 Å². The number of rotatable bonds is 3. The topological polar surface area (TPSA) is 67.3 Å². The summed E-state index contributed by atoms with van der Waals surface area (Å²) in [5.41, 5.74) is 2.73. The number of aryl methyl sites for hydroxylation is 2. The van der Waals surface area contributed by atoms with Crippen molar-refractivity contribution in [3.05, 3.63) is 38.3 Å². The zero-order chi connectivity index (χ0) is 15.0. The molecule has 0 aliphatic rings. The van der Waals surface area contributed by atoms with Crippen LogP contribution >= 0.6 is 27.3 Å². The van der Waals surface area contributed by atoms with Crippen molar-refractivity contribution in [1.82, 2.24) is 4.98 Å². The van der Waals surface area contributed by atoms with Gasteiger partial charge in [-0.3, -0.25) is 4.79 Å². The second-order valence-corrected chi connectivity index (χ2v) is 6.27. The van der Waals surface area contributed by atoms with Gasteiger partial charge in [0, 0.05) is 17.0 Å². The molecule has 20 heavy (non-hydrogen) atoms. The van der Waals surface area contributed by atoms with E-state index in [1.165, 1.54) is 6.92 Å². The van der Waals surface area contributed by atoms with Gasteiger partial charge in [-0.25, -0.2) is 9.78 Å². The van der Waals surface area contributed by atoms with E-state index in [2.05, 4.69) is 20.9 Å². The molecule has 1 aromatic heterocycles. The van der Waals surface area contributed by atoms with Gasteiger partial charge in [0.2, 0.25) is 0 Å². The Balaban J connectivity index is 2.62. The van der Waals surface area contributed by atoms with Gasteiger partial charge in [0.05, 0.1) is 0 Å². The third-order valence-corrected chi connectivity index (χ3v) is 5.29. The van der Waals surface area contributed by atoms with Gasteiger partial charge in [0.25, 0.3) is 0 Å². The lowest BCUT2D eigenvalue weighted by Crippen LogP contribution is -2.03. The molecule has 0 fully saturated rings. The second kappa shape index (κ2) is 5.46. The van der Waals surface area contributed by atoms with Crippen molar-refractivity contribution in [3.8, 4) is 10.6 Å². The number of carbonyl (C=O) groups is 2. The van der Waals surface area contributed by atoms with Crippen LogP contribution in [0.25, 0.3) is 10.6 Å². The zero-order valence-electron chi connectivity index (χ0n) is 11.2. The molecule has 0 atom stereocenters. The van der Waals surface area contributed by atoms with Crippen molar-refractivity contribution in [2.24, 2.45) is 0 Å². The molecule has 0 radical (unpaired) electrons. The first-order chi connectivity index (χ1) is 9.31. The molecular weight excluding hydrogens is 342 g/mol. The molecule has 6 heteroatoms. The Morgan fingerprint density at radius 1 is 1.25 bits per heavy atom. The van der Waals surface area contributed by atoms with Crippen LogP contribution in [0.3, 0.4) is 0 Å². The zero-order valence-corrected chi connectivity index (χ0v) is 13.6. The van der Waals surface area contributed by atoms with Gasteiger partial charge in [0.15, 0.2) is 11.5 Å². The Kier molecular flexibility index (Phi) is 4.06. The summed E-state index contributed by atoms with van der Waals surface area (Å²) in [4.78, 5) is 26.9. The molecule has 0 unspecified atom stereocenters. The Bertz CT molecular complexity index is 667. The number of Topliss-reactive ketones (excluding diaryl/α,β-unsaturated/α-hetero) is 1. The normalized spacial score (nSPS) is 10.6. The van der Waals surface area contributed by atoms with E-state index in [0.717, 1.165) is 32.5 Å². The van der Waals surface area contributed by atoms with Gasteiger partial charge in [-0.2, -0.15) is 0 Å². The van der Waals surface area contributed by atoms with E-state index in [4.69, 9.17) is 5.11 Å². The van der Waals surface area contributed by atoms with Crippen molar-refractivity contribution in [2.45, 2.75) is 20.8 Å². The average molecular weight is 354 g/mol. The largest absolute Gasteiger partial charge is 0.476 e. The van der Waals surface area contributed by atoms with Crippen molar-refractivity contribution < 1.29 is 14.7 Å². The second-order valence-electron chi connectivity index (χ2n) is 4.48. The number of halogens is 1. The van der Waals surface area contributed by atoms with Crippen molar-refractivity contribution in [2.75, 3.05) is 0 Å². The number of carboxylic acids is 1. The number of ketones is 1. The van der Waals surface area contributed by atoms with Gasteiger partial charge < -0.3 is 5.11 Å². The summed E-state index contributed by atoms with van der Waals surface area (Å²) >= 11 is 4.60. The summed E-state index contributed by atoms with van der Waals surface area (Å²) in [7, 11) is 0. The van der Waals surface area contributed by atoms with E-state index >= 15 is 0 Å². The highest BCUT2D eigenvalue weighted by Gasteiger charge is 2.21. The summed E-state index contributed by atoms with van der Waals surface area (Å²) in [5, 5.41) is 9.66. The lowest BCUT2D eigenvalue weighted by atomic mass is 10.1. The highest BCUT2D eigenvalue weighted by Crippen LogP contribution is 2.32. The molecule has 2 rings (SSSR count). The monoisotopic (exact) mass is 353 g/mol. The van der Waals surface area contributed by atoms with Crippen LogP contribution in [-0.2, 0) is 0 Å². The fourth-order valence-electron chi connectivity index (χ4n) is 1.90. The van der Waals surface area contributed by atoms with Crippen LogP contribution in [0, 0.1) is 13.8 Å². The third kappa shape index (κ3) is 2.66. The molecule has 1 N–H and O–H groups in total. The number of thiazole rings is 1. The highest BCUT2D eigenvalue weighted by molar-refractivity contribution is 9.10. The molecule has 2 aromatic rings. The van der Waals surface area contributed by atoms with Crippen LogP contribution in [-0.4, -0.2) is 21.8 Å². The minimum Gasteiger partial charge on any atom is -0.476 e. The summed E-state index contributed by atoms with van der Waals surface area (Å²) in [6.07, 6.45) is 0. The molecule has 104 valence electrons. The summed E-state index contributed by atoms with van der Waals surface area (Å²) < 4.78 is 1.02. The third-order valence-electron chi connectivity index (χ3n) is 2.83. The molecule has 0 saturated heterocycles. The first kappa shape index (κ1) is 14.9. The van der Waals surface area contributed by atoms with E-state index in [-0.39, 0.29) is 16.4 Å². The first-order valence-corrected chi connectivity index (χ1v) is 7.44. The Hall–Kier alpha value is -1.53. The molecule has 0 aliphatic heterocycles. The van der Waals surface area contributed by atoms with Crippen LogP contribution in [0.1, 0.15) is 38.2 Å². The number of nitrogens with zero attached hydrogens (tertiary/aromatic N) is 1. The smallest absolute Gasteiger partial charge is 0.356 e. The van der Waals surface area contributed by atoms with E-state index in [1.54, 1.807) is 0 Å². The maximum Gasteiger partial charge on any atom is 0.356 e. The minimum atomic E-state index is -1.18. The number of aromatic nitrogens is 1. The van der Waals surface area contributed by atoms with Crippen LogP contribution < -0.4 is 0 Å². The SMILES string of the molecule is CC(=O)c1sc(-c2cc(C)c(Br)c(C)c2)nc1C(=O)O. The van der Waals surface area contributed by atoms with E-state index in [0.29, 0.717) is 5.01 Å². The summed E-state index contributed by atoms with van der Waals surface area (Å²) in [6.45, 7) is 5.26. The number of carboxylic acid groups (broad SMARTS) is 1. The summed E-state index contributed by atoms with van der Waals surface area (Å²) in [6, 6.07) is 3.84. The fraction of sp³-hybridized carbons (Fsp3) is 0.214.